The molecule has 7 rings (SSSR count). The summed E-state index contributed by atoms with van der Waals surface area (Å²) >= 11 is 6.32. The van der Waals surface area contributed by atoms with Crippen molar-refractivity contribution in [2.75, 3.05) is 50.5 Å². The third kappa shape index (κ3) is 10.3. The molecule has 5 amide bonds. The number of halogens is 1. The summed E-state index contributed by atoms with van der Waals surface area (Å²) in [5.74, 6) is 0.123. The molecule has 1 unspecified atom stereocenters. The van der Waals surface area contributed by atoms with Gasteiger partial charge in [-0.25, -0.2) is 0 Å². The number of carbonyl (C=O) groups is 5. The Morgan fingerprint density at radius 1 is 0.763 bits per heavy atom. The Morgan fingerprint density at radius 2 is 1.44 bits per heavy atom. The first-order valence-electron chi connectivity index (χ1n) is 20.5. The summed E-state index contributed by atoms with van der Waals surface area (Å²) in [5, 5.41) is 5.23. The zero-order valence-corrected chi connectivity index (χ0v) is 33.9. The fourth-order valence-corrected chi connectivity index (χ4v) is 8.32. The maximum atomic E-state index is 13.1. The molecule has 3 aliphatic heterocycles. The number of imide groups is 1. The van der Waals surface area contributed by atoms with Crippen LogP contribution in [-0.2, 0) is 25.7 Å². The molecule has 4 aromatic rings. The lowest BCUT2D eigenvalue weighted by atomic mass is 9.88. The summed E-state index contributed by atoms with van der Waals surface area (Å²) in [6.07, 6.45) is 2.96. The molecule has 1 atom stereocenters. The minimum Gasteiger partial charge on any atom is -0.492 e. The van der Waals surface area contributed by atoms with Gasteiger partial charge in [-0.1, -0.05) is 78.9 Å². The summed E-state index contributed by atoms with van der Waals surface area (Å²) in [6, 6.07) is 33.5. The lowest BCUT2D eigenvalue weighted by molar-refractivity contribution is -0.137. The van der Waals surface area contributed by atoms with Crippen LogP contribution >= 0.6 is 11.6 Å². The van der Waals surface area contributed by atoms with Crippen LogP contribution < -0.4 is 15.4 Å². The van der Waals surface area contributed by atoms with Crippen molar-refractivity contribution in [1.82, 2.24) is 20.0 Å². The SMILES string of the molecule is O=C1CCC(N2Cc3c(NC(=O)CCCCC(=O)N4CCN(CCOc5ccc(C(=C(CCCl)c6ccccc6)c6ccccc6)cc5)CC4)cccc3C2=O)C(=O)N1. The van der Waals surface area contributed by atoms with Crippen molar-refractivity contribution < 1.29 is 28.7 Å². The Labute approximate surface area is 350 Å². The monoisotopic (exact) mass is 815 g/mol. The highest BCUT2D eigenvalue weighted by Gasteiger charge is 2.40. The van der Waals surface area contributed by atoms with E-state index in [1.165, 1.54) is 10.5 Å². The van der Waals surface area contributed by atoms with E-state index in [9.17, 15) is 24.0 Å². The third-order valence-electron chi connectivity index (χ3n) is 11.3. The lowest BCUT2D eigenvalue weighted by Crippen LogP contribution is -2.52. The maximum Gasteiger partial charge on any atom is 0.255 e. The van der Waals surface area contributed by atoms with Gasteiger partial charge in [-0.15, -0.1) is 11.6 Å². The van der Waals surface area contributed by atoms with Gasteiger partial charge in [0.15, 0.2) is 0 Å². The number of anilines is 1. The largest absolute Gasteiger partial charge is 0.492 e. The van der Waals surface area contributed by atoms with Crippen LogP contribution in [0.25, 0.3) is 11.1 Å². The Balaban J connectivity index is 0.821. The number of benzene rings is 4. The number of fused-ring (bicyclic) bond motifs is 1. The van der Waals surface area contributed by atoms with Crippen LogP contribution in [0.4, 0.5) is 5.69 Å². The minimum absolute atomic E-state index is 0.0970. The molecule has 306 valence electrons. The van der Waals surface area contributed by atoms with Crippen LogP contribution in [0.3, 0.4) is 0 Å². The number of nitrogens with zero attached hydrogens (tertiary/aromatic N) is 3. The van der Waals surface area contributed by atoms with Crippen molar-refractivity contribution in [3.05, 3.63) is 131 Å². The van der Waals surface area contributed by atoms with E-state index in [4.69, 9.17) is 16.3 Å². The Morgan fingerprint density at radius 3 is 2.14 bits per heavy atom. The molecular weight excluding hydrogens is 766 g/mol. The van der Waals surface area contributed by atoms with E-state index in [-0.39, 0.29) is 49.4 Å². The third-order valence-corrected chi connectivity index (χ3v) is 11.5. The summed E-state index contributed by atoms with van der Waals surface area (Å²) < 4.78 is 6.17. The van der Waals surface area contributed by atoms with Gasteiger partial charge in [-0.2, -0.15) is 0 Å². The Bertz CT molecular complexity index is 2170. The molecule has 2 saturated heterocycles. The number of unbranched alkanes of at least 4 members (excludes halogenated alkanes) is 1. The number of nitrogens with one attached hydrogen (secondary N) is 2. The average Bonchev–Trinajstić information content (AvgIpc) is 3.60. The number of hydrogen-bond donors (Lipinski definition) is 2. The molecule has 2 fully saturated rings. The normalized spacial score (nSPS) is 17.3. The first-order chi connectivity index (χ1) is 28.8. The predicted molar refractivity (Wildman–Crippen MR) is 229 cm³/mol. The van der Waals surface area contributed by atoms with Crippen molar-refractivity contribution in [3.63, 3.8) is 0 Å². The number of rotatable bonds is 16. The number of ether oxygens (including phenoxy) is 1. The van der Waals surface area contributed by atoms with Crippen molar-refractivity contribution in [2.24, 2.45) is 0 Å². The number of amides is 5. The van der Waals surface area contributed by atoms with Gasteiger partial charge < -0.3 is 19.9 Å². The highest BCUT2D eigenvalue weighted by Crippen LogP contribution is 2.36. The molecule has 3 aliphatic rings. The first-order valence-corrected chi connectivity index (χ1v) is 21.0. The van der Waals surface area contributed by atoms with E-state index >= 15 is 0 Å². The summed E-state index contributed by atoms with van der Waals surface area (Å²) in [6.45, 7) is 4.34. The zero-order valence-electron chi connectivity index (χ0n) is 33.2. The van der Waals surface area contributed by atoms with Crippen molar-refractivity contribution >= 4 is 58.0 Å². The molecule has 59 heavy (non-hydrogen) atoms. The number of piperazine rings is 1. The second-order valence-corrected chi connectivity index (χ2v) is 15.5. The van der Waals surface area contributed by atoms with Gasteiger partial charge in [-0.05, 0) is 77.8 Å². The number of allylic oxidation sites excluding steroid dienone is 1. The van der Waals surface area contributed by atoms with E-state index in [0.717, 1.165) is 54.1 Å². The smallest absolute Gasteiger partial charge is 0.255 e. The maximum absolute atomic E-state index is 13.1. The fourth-order valence-electron chi connectivity index (χ4n) is 8.13. The molecule has 0 bridgehead atoms. The molecule has 3 heterocycles. The second kappa shape index (κ2) is 19.8. The molecule has 0 saturated carbocycles. The average molecular weight is 816 g/mol. The predicted octanol–water partition coefficient (Wildman–Crippen LogP) is 6.76. The molecule has 12 heteroatoms. The number of piperidine rings is 1. The van der Waals surface area contributed by atoms with E-state index in [1.54, 1.807) is 18.2 Å². The zero-order chi connectivity index (χ0) is 41.1. The molecular formula is C47H50ClN5O6. The topological polar surface area (TPSA) is 128 Å². The second-order valence-electron chi connectivity index (χ2n) is 15.1. The molecule has 0 aromatic heterocycles. The molecule has 11 nitrogen and oxygen atoms in total. The van der Waals surface area contributed by atoms with Gasteiger partial charge in [0, 0.05) is 81.2 Å². The van der Waals surface area contributed by atoms with Crippen molar-refractivity contribution in [3.8, 4) is 5.75 Å². The molecule has 0 radical (unpaired) electrons. The van der Waals surface area contributed by atoms with Gasteiger partial charge in [-0.3, -0.25) is 34.2 Å². The van der Waals surface area contributed by atoms with Crippen LogP contribution in [-0.4, -0.2) is 95.5 Å². The van der Waals surface area contributed by atoms with E-state index in [1.807, 2.05) is 29.2 Å². The van der Waals surface area contributed by atoms with Crippen molar-refractivity contribution in [2.45, 2.75) is 57.5 Å². The van der Waals surface area contributed by atoms with Crippen LogP contribution in [0.15, 0.2) is 103 Å². The standard InChI is InChI=1S/C47H50ClN5O6/c48-25-24-37(33-10-3-1-4-11-33)45(34-12-5-2-6-13-34)35-18-20-36(21-19-35)59-31-30-51-26-28-52(29-27-51)44(56)17-8-7-16-42(54)49-40-15-9-14-38-39(40)32-53(47(38)58)41-22-23-43(55)50-46(41)57/h1-6,9-15,18-21,41H,7-8,16-17,22-32H2,(H,49,54)(H,50,55,57). The van der Waals surface area contributed by atoms with Crippen LogP contribution in [0.2, 0.25) is 0 Å². The van der Waals surface area contributed by atoms with Crippen LogP contribution in [0.1, 0.15) is 77.6 Å². The molecule has 4 aromatic carbocycles. The highest BCUT2D eigenvalue weighted by atomic mass is 35.5. The van der Waals surface area contributed by atoms with E-state index < -0.39 is 11.9 Å². The summed E-state index contributed by atoms with van der Waals surface area (Å²) in [7, 11) is 0. The summed E-state index contributed by atoms with van der Waals surface area (Å²) in [5.41, 5.74) is 7.41. The van der Waals surface area contributed by atoms with Gasteiger partial charge in [0.25, 0.3) is 5.91 Å². The number of alkyl halides is 1. The summed E-state index contributed by atoms with van der Waals surface area (Å²) in [4.78, 5) is 68.7. The van der Waals surface area contributed by atoms with E-state index in [0.29, 0.717) is 61.7 Å². The highest BCUT2D eigenvalue weighted by molar-refractivity contribution is 6.18. The van der Waals surface area contributed by atoms with Gasteiger partial charge >= 0.3 is 0 Å². The Kier molecular flexibility index (Phi) is 13.9. The quantitative estimate of drug-likeness (QED) is 0.0554. The van der Waals surface area contributed by atoms with Crippen LogP contribution in [0.5, 0.6) is 5.75 Å². The molecule has 2 N–H and O–H groups in total. The minimum atomic E-state index is -0.723. The molecule has 0 aliphatic carbocycles. The fraction of sp³-hybridized carbons (Fsp3) is 0.340. The van der Waals surface area contributed by atoms with Gasteiger partial charge in [0.2, 0.25) is 23.6 Å². The van der Waals surface area contributed by atoms with E-state index in [2.05, 4.69) is 76.2 Å². The van der Waals surface area contributed by atoms with Gasteiger partial charge in [0.05, 0.1) is 0 Å². The van der Waals surface area contributed by atoms with Crippen molar-refractivity contribution in [1.29, 1.82) is 0 Å². The number of hydrogen-bond acceptors (Lipinski definition) is 7. The number of carbonyl (C=O) groups excluding carboxylic acids is 5. The Hall–Kier alpha value is -5.78. The van der Waals surface area contributed by atoms with Crippen LogP contribution in [0, 0.1) is 0 Å². The lowest BCUT2D eigenvalue weighted by Gasteiger charge is -2.34. The van der Waals surface area contributed by atoms with Gasteiger partial charge in [0.1, 0.15) is 18.4 Å². The first kappa shape index (κ1) is 41.4. The molecule has 0 spiro atoms.